The Morgan fingerprint density at radius 2 is 2.12 bits per heavy atom. The zero-order valence-electron chi connectivity index (χ0n) is 8.82. The smallest absolute Gasteiger partial charge is 0.336 e. The van der Waals surface area contributed by atoms with Crippen molar-refractivity contribution in [2.75, 3.05) is 0 Å². The first kappa shape index (κ1) is 10.4. The topological polar surface area (TPSA) is 59.3 Å². The van der Waals surface area contributed by atoms with Crippen LogP contribution in [0.5, 0.6) is 0 Å². The second kappa shape index (κ2) is 4.18. The predicted molar refractivity (Wildman–Crippen MR) is 60.0 cm³/mol. The highest BCUT2D eigenvalue weighted by atomic mass is 16.4. The maximum Gasteiger partial charge on any atom is 0.336 e. The average molecular weight is 217 g/mol. The van der Waals surface area contributed by atoms with E-state index in [2.05, 4.69) is 5.32 Å². The fourth-order valence-corrected chi connectivity index (χ4v) is 1.46. The van der Waals surface area contributed by atoms with Crippen LogP contribution in [0.3, 0.4) is 0 Å². The van der Waals surface area contributed by atoms with Crippen LogP contribution in [0.2, 0.25) is 0 Å². The van der Waals surface area contributed by atoms with Crippen LogP contribution in [0.1, 0.15) is 12.5 Å². The van der Waals surface area contributed by atoms with Crippen LogP contribution in [0.4, 0.5) is 0 Å². The van der Waals surface area contributed by atoms with Crippen LogP contribution in [0, 0.1) is 0 Å². The third-order valence-corrected chi connectivity index (χ3v) is 2.23. The number of nitrogens with one attached hydrogen (secondary N) is 1. The van der Waals surface area contributed by atoms with Gasteiger partial charge in [0.15, 0.2) is 0 Å². The van der Waals surface area contributed by atoms with Gasteiger partial charge in [0.2, 0.25) is 5.91 Å². The van der Waals surface area contributed by atoms with Crippen LogP contribution < -0.4 is 10.9 Å². The molecule has 0 spiro atoms. The van der Waals surface area contributed by atoms with E-state index in [1.807, 2.05) is 12.1 Å². The van der Waals surface area contributed by atoms with Gasteiger partial charge in [-0.3, -0.25) is 4.79 Å². The quantitative estimate of drug-likeness (QED) is 0.774. The summed E-state index contributed by atoms with van der Waals surface area (Å²) in [5.74, 6) is -0.0697. The van der Waals surface area contributed by atoms with Crippen molar-refractivity contribution in [1.82, 2.24) is 5.32 Å². The van der Waals surface area contributed by atoms with E-state index in [0.717, 1.165) is 10.9 Å². The van der Waals surface area contributed by atoms with Gasteiger partial charge in [0, 0.05) is 24.9 Å². The summed E-state index contributed by atoms with van der Waals surface area (Å²) in [6, 6.07) is 8.52. The van der Waals surface area contributed by atoms with E-state index in [-0.39, 0.29) is 11.5 Å². The number of carbonyl (C=O) groups excluding carboxylic acids is 1. The second-order valence-corrected chi connectivity index (χ2v) is 3.54. The largest absolute Gasteiger partial charge is 0.423 e. The summed E-state index contributed by atoms with van der Waals surface area (Å²) in [7, 11) is 0. The van der Waals surface area contributed by atoms with E-state index in [4.69, 9.17) is 4.42 Å². The van der Waals surface area contributed by atoms with Gasteiger partial charge >= 0.3 is 5.63 Å². The number of rotatable bonds is 2. The lowest BCUT2D eigenvalue weighted by atomic mass is 10.1. The highest BCUT2D eigenvalue weighted by Crippen LogP contribution is 2.13. The SMILES string of the molecule is CC(=O)NCc1ccc2oc(=O)ccc2c1. The molecule has 0 aliphatic rings. The van der Waals surface area contributed by atoms with Crippen LogP contribution in [-0.2, 0) is 11.3 Å². The van der Waals surface area contributed by atoms with E-state index in [1.165, 1.54) is 13.0 Å². The van der Waals surface area contributed by atoms with Crippen LogP contribution >= 0.6 is 0 Å². The first-order valence-electron chi connectivity index (χ1n) is 4.92. The van der Waals surface area contributed by atoms with E-state index in [0.29, 0.717) is 12.1 Å². The Labute approximate surface area is 91.9 Å². The molecular formula is C12H11NO3. The molecule has 0 aliphatic heterocycles. The molecule has 0 radical (unpaired) electrons. The number of hydrogen-bond donors (Lipinski definition) is 1. The van der Waals surface area contributed by atoms with Crippen molar-refractivity contribution in [2.24, 2.45) is 0 Å². The summed E-state index contributed by atoms with van der Waals surface area (Å²) < 4.78 is 5.00. The molecular weight excluding hydrogens is 206 g/mol. The molecule has 0 bridgehead atoms. The van der Waals surface area contributed by atoms with Crippen molar-refractivity contribution >= 4 is 16.9 Å². The average Bonchev–Trinajstić information content (AvgIpc) is 2.26. The summed E-state index contributed by atoms with van der Waals surface area (Å²) in [6.07, 6.45) is 0. The maximum absolute atomic E-state index is 11.0. The second-order valence-electron chi connectivity index (χ2n) is 3.54. The molecule has 82 valence electrons. The summed E-state index contributed by atoms with van der Waals surface area (Å²) in [5.41, 5.74) is 1.16. The Morgan fingerprint density at radius 1 is 1.31 bits per heavy atom. The minimum Gasteiger partial charge on any atom is -0.423 e. The zero-order chi connectivity index (χ0) is 11.5. The summed E-state index contributed by atoms with van der Waals surface area (Å²) in [5, 5.41) is 3.56. The van der Waals surface area contributed by atoms with Gasteiger partial charge in [0.25, 0.3) is 0 Å². The normalized spacial score (nSPS) is 10.3. The Hall–Kier alpha value is -2.10. The number of fused-ring (bicyclic) bond motifs is 1. The molecule has 0 saturated heterocycles. The number of amides is 1. The Balaban J connectivity index is 2.33. The fraction of sp³-hybridized carbons (Fsp3) is 0.167. The van der Waals surface area contributed by atoms with Gasteiger partial charge in [-0.15, -0.1) is 0 Å². The maximum atomic E-state index is 11.0. The lowest BCUT2D eigenvalue weighted by molar-refractivity contribution is -0.119. The molecule has 0 saturated carbocycles. The van der Waals surface area contributed by atoms with Crippen molar-refractivity contribution in [1.29, 1.82) is 0 Å². The van der Waals surface area contributed by atoms with Gasteiger partial charge in [-0.2, -0.15) is 0 Å². The Bertz CT molecular complexity index is 586. The van der Waals surface area contributed by atoms with Crippen molar-refractivity contribution in [3.05, 3.63) is 46.3 Å². The molecule has 16 heavy (non-hydrogen) atoms. The molecule has 0 unspecified atom stereocenters. The molecule has 0 atom stereocenters. The third-order valence-electron chi connectivity index (χ3n) is 2.23. The predicted octanol–water partition coefficient (Wildman–Crippen LogP) is 1.43. The lowest BCUT2D eigenvalue weighted by Gasteiger charge is -2.03. The van der Waals surface area contributed by atoms with Crippen LogP contribution in [-0.4, -0.2) is 5.91 Å². The highest BCUT2D eigenvalue weighted by Gasteiger charge is 1.99. The molecule has 1 aromatic heterocycles. The number of carbonyl (C=O) groups is 1. The monoisotopic (exact) mass is 217 g/mol. The standard InChI is InChI=1S/C12H11NO3/c1-8(14)13-7-9-2-4-11-10(6-9)3-5-12(15)16-11/h2-6H,7H2,1H3,(H,13,14). The molecule has 0 fully saturated rings. The van der Waals surface area contributed by atoms with Crippen molar-refractivity contribution in [3.8, 4) is 0 Å². The molecule has 1 heterocycles. The molecule has 1 amide bonds. The van der Waals surface area contributed by atoms with Gasteiger partial charge in [0.05, 0.1) is 0 Å². The summed E-state index contributed by atoms with van der Waals surface area (Å²) in [6.45, 7) is 1.95. The molecule has 2 rings (SSSR count). The van der Waals surface area contributed by atoms with Gasteiger partial charge in [-0.05, 0) is 23.8 Å². The molecule has 0 aliphatic carbocycles. The first-order valence-corrected chi connectivity index (χ1v) is 4.92. The van der Waals surface area contributed by atoms with Gasteiger partial charge < -0.3 is 9.73 Å². The van der Waals surface area contributed by atoms with Crippen molar-refractivity contribution in [3.63, 3.8) is 0 Å². The lowest BCUT2D eigenvalue weighted by Crippen LogP contribution is -2.18. The van der Waals surface area contributed by atoms with Crippen molar-refractivity contribution in [2.45, 2.75) is 13.5 Å². The third kappa shape index (κ3) is 2.28. The van der Waals surface area contributed by atoms with Gasteiger partial charge in [-0.1, -0.05) is 6.07 Å². The minimum atomic E-state index is -0.359. The molecule has 4 heteroatoms. The summed E-state index contributed by atoms with van der Waals surface area (Å²) >= 11 is 0. The Kier molecular flexibility index (Phi) is 2.72. The molecule has 2 aromatic rings. The highest BCUT2D eigenvalue weighted by molar-refractivity contribution is 5.77. The number of hydrogen-bond acceptors (Lipinski definition) is 3. The Morgan fingerprint density at radius 3 is 2.88 bits per heavy atom. The fourth-order valence-electron chi connectivity index (χ4n) is 1.46. The minimum absolute atomic E-state index is 0.0697. The van der Waals surface area contributed by atoms with Crippen LogP contribution in [0.25, 0.3) is 11.0 Å². The van der Waals surface area contributed by atoms with Crippen LogP contribution in [0.15, 0.2) is 39.5 Å². The van der Waals surface area contributed by atoms with E-state index in [1.54, 1.807) is 12.1 Å². The molecule has 4 nitrogen and oxygen atoms in total. The zero-order valence-corrected chi connectivity index (χ0v) is 8.82. The first-order chi connectivity index (χ1) is 7.65. The van der Waals surface area contributed by atoms with Gasteiger partial charge in [-0.25, -0.2) is 4.79 Å². The molecule has 1 aromatic carbocycles. The number of benzene rings is 1. The van der Waals surface area contributed by atoms with E-state index in [9.17, 15) is 9.59 Å². The molecule has 1 N–H and O–H groups in total. The van der Waals surface area contributed by atoms with Gasteiger partial charge in [0.1, 0.15) is 5.58 Å². The van der Waals surface area contributed by atoms with Crippen molar-refractivity contribution < 1.29 is 9.21 Å². The summed E-state index contributed by atoms with van der Waals surface area (Å²) in [4.78, 5) is 21.7. The van der Waals surface area contributed by atoms with E-state index < -0.39 is 0 Å². The van der Waals surface area contributed by atoms with E-state index >= 15 is 0 Å².